The number of piperazine rings is 1. The van der Waals surface area contributed by atoms with Crippen LogP contribution in [-0.4, -0.2) is 101 Å². The van der Waals surface area contributed by atoms with Crippen molar-refractivity contribution in [2.75, 3.05) is 91.3 Å². The van der Waals surface area contributed by atoms with Crippen LogP contribution in [0.3, 0.4) is 0 Å². The van der Waals surface area contributed by atoms with Gasteiger partial charge in [0.2, 0.25) is 5.91 Å². The smallest absolute Gasteiger partial charge is 0.222 e. The fourth-order valence-electron chi connectivity index (χ4n) is 3.30. The number of hydrazine groups is 1. The Morgan fingerprint density at radius 3 is 2.00 bits per heavy atom. The lowest BCUT2D eigenvalue weighted by atomic mass is 10.2. The van der Waals surface area contributed by atoms with E-state index >= 15 is 0 Å². The molecule has 10 heteroatoms. The molecule has 1 aliphatic rings. The number of nitrogens with zero attached hydrogens (tertiary/aromatic N) is 2. The normalized spacial score (nSPS) is 14.4. The molecular weight excluding hydrogens is 462 g/mol. The minimum atomic E-state index is -0.0662. The SMILES string of the molecule is Nc1ccccccc(CNC(=O)CCOCCOCCOCCOCCN2CCN(N)CC2)cc1. The Kier molecular flexibility index (Phi) is 16.5. The first-order chi connectivity index (χ1) is 17.6. The molecule has 10 nitrogen and oxygen atoms in total. The van der Waals surface area contributed by atoms with Gasteiger partial charge in [0.05, 0.1) is 52.9 Å². The molecule has 1 amide bonds. The van der Waals surface area contributed by atoms with Crippen LogP contribution in [0.5, 0.6) is 0 Å². The highest BCUT2D eigenvalue weighted by molar-refractivity contribution is 5.75. The number of carbonyl (C=O) groups is 1. The van der Waals surface area contributed by atoms with E-state index < -0.39 is 0 Å². The monoisotopic (exact) mass is 505 g/mol. The van der Waals surface area contributed by atoms with Crippen molar-refractivity contribution in [1.82, 2.24) is 15.2 Å². The average Bonchev–Trinajstić information content (AvgIpc) is 2.88. The summed E-state index contributed by atoms with van der Waals surface area (Å²) in [6, 6.07) is 15.1. The number of ether oxygens (including phenoxy) is 4. The lowest BCUT2D eigenvalue weighted by Gasteiger charge is -2.31. The minimum absolute atomic E-state index is 0.0662. The zero-order valence-electron chi connectivity index (χ0n) is 21.3. The number of rotatable bonds is 17. The summed E-state index contributed by atoms with van der Waals surface area (Å²) < 4.78 is 22.1. The van der Waals surface area contributed by atoms with Crippen LogP contribution < -0.4 is 16.9 Å². The van der Waals surface area contributed by atoms with Crippen LogP contribution in [-0.2, 0) is 30.3 Å². The molecule has 0 bridgehead atoms. The predicted octanol–water partition coefficient (Wildman–Crippen LogP) is 0.957. The van der Waals surface area contributed by atoms with Gasteiger partial charge in [-0.05, 0) is 17.7 Å². The second-order valence-corrected chi connectivity index (χ2v) is 8.37. The summed E-state index contributed by atoms with van der Waals surface area (Å²) in [6.45, 7) is 9.25. The number of nitrogen functional groups attached to an aromatic ring is 1. The van der Waals surface area contributed by atoms with Crippen molar-refractivity contribution < 1.29 is 23.7 Å². The number of hydrogen-bond donors (Lipinski definition) is 3. The van der Waals surface area contributed by atoms with Crippen molar-refractivity contribution in [3.8, 4) is 0 Å². The predicted molar refractivity (Wildman–Crippen MR) is 140 cm³/mol. The maximum Gasteiger partial charge on any atom is 0.222 e. The third-order valence-electron chi connectivity index (χ3n) is 5.46. The summed E-state index contributed by atoms with van der Waals surface area (Å²) in [6.07, 6.45) is 0.296. The molecule has 1 heterocycles. The van der Waals surface area contributed by atoms with Crippen molar-refractivity contribution in [3.05, 3.63) is 54.1 Å². The van der Waals surface area contributed by atoms with Gasteiger partial charge in [0, 0.05) is 51.4 Å². The maximum absolute atomic E-state index is 12.0. The Bertz CT molecular complexity index is 776. The zero-order chi connectivity index (χ0) is 25.7. The van der Waals surface area contributed by atoms with E-state index in [1.807, 2.05) is 53.5 Å². The fourth-order valence-corrected chi connectivity index (χ4v) is 3.30. The lowest BCUT2D eigenvalue weighted by Crippen LogP contribution is -2.50. The van der Waals surface area contributed by atoms with Gasteiger partial charge in [-0.3, -0.25) is 15.5 Å². The van der Waals surface area contributed by atoms with Gasteiger partial charge >= 0.3 is 0 Å². The molecule has 0 unspecified atom stereocenters. The largest absolute Gasteiger partial charge is 0.399 e. The van der Waals surface area contributed by atoms with Crippen LogP contribution in [0.15, 0.2) is 48.5 Å². The molecule has 202 valence electrons. The van der Waals surface area contributed by atoms with Gasteiger partial charge in [0.25, 0.3) is 0 Å². The standard InChI is InChI=1S/C26H43N5O5/c27-25-6-4-2-1-3-5-24(7-8-25)23-29-26(32)9-15-33-17-19-35-21-22-36-20-18-34-16-14-30-10-12-31(28)13-11-30/h1-8H,9-23,27-28H2,(H,29,32). The van der Waals surface area contributed by atoms with E-state index in [4.69, 9.17) is 30.5 Å². The Morgan fingerprint density at radius 1 is 0.750 bits per heavy atom. The van der Waals surface area contributed by atoms with Crippen LogP contribution in [0.25, 0.3) is 0 Å². The fraction of sp³-hybridized carbons (Fsp3) is 0.577. The van der Waals surface area contributed by atoms with Crippen LogP contribution >= 0.6 is 0 Å². The molecule has 1 fully saturated rings. The molecule has 1 aromatic rings. The third kappa shape index (κ3) is 15.6. The summed E-state index contributed by atoms with van der Waals surface area (Å²) in [4.78, 5) is 14.4. The number of amides is 1. The van der Waals surface area contributed by atoms with Crippen LogP contribution in [0.4, 0.5) is 5.69 Å². The highest BCUT2D eigenvalue weighted by atomic mass is 16.6. The molecule has 2 rings (SSSR count). The van der Waals surface area contributed by atoms with Gasteiger partial charge in [-0.25, -0.2) is 5.01 Å². The first kappa shape index (κ1) is 29.9. The molecule has 1 aliphatic heterocycles. The van der Waals surface area contributed by atoms with E-state index in [0.29, 0.717) is 71.5 Å². The van der Waals surface area contributed by atoms with Gasteiger partial charge in [0.1, 0.15) is 0 Å². The molecule has 1 saturated heterocycles. The topological polar surface area (TPSA) is 125 Å². The van der Waals surface area contributed by atoms with E-state index in [-0.39, 0.29) is 5.91 Å². The van der Waals surface area contributed by atoms with E-state index in [0.717, 1.165) is 38.3 Å². The summed E-state index contributed by atoms with van der Waals surface area (Å²) in [7, 11) is 0. The van der Waals surface area contributed by atoms with Crippen LogP contribution in [0.2, 0.25) is 0 Å². The van der Waals surface area contributed by atoms with Crippen molar-refractivity contribution in [2.45, 2.75) is 13.0 Å². The highest BCUT2D eigenvalue weighted by Gasteiger charge is 2.13. The lowest BCUT2D eigenvalue weighted by molar-refractivity contribution is -0.122. The summed E-state index contributed by atoms with van der Waals surface area (Å²) in [5.41, 5.74) is 7.48. The Morgan fingerprint density at radius 2 is 1.33 bits per heavy atom. The average molecular weight is 506 g/mol. The minimum Gasteiger partial charge on any atom is -0.399 e. The maximum atomic E-state index is 12.0. The van der Waals surface area contributed by atoms with E-state index in [9.17, 15) is 4.79 Å². The molecule has 0 aliphatic carbocycles. The number of anilines is 1. The Balaban J connectivity index is 1.36. The highest BCUT2D eigenvalue weighted by Crippen LogP contribution is 2.00. The second kappa shape index (κ2) is 19.8. The van der Waals surface area contributed by atoms with Crippen molar-refractivity contribution >= 4 is 11.6 Å². The Hall–Kier alpha value is -2.31. The van der Waals surface area contributed by atoms with E-state index in [1.165, 1.54) is 0 Å². The Labute approximate surface area is 215 Å². The number of nitrogens with two attached hydrogens (primary N) is 2. The molecule has 0 aromatic heterocycles. The van der Waals surface area contributed by atoms with E-state index in [2.05, 4.69) is 10.2 Å². The molecule has 5 N–H and O–H groups in total. The number of nitrogens with one attached hydrogen (secondary N) is 1. The summed E-state index contributed by atoms with van der Waals surface area (Å²) in [5, 5.41) is 4.75. The molecule has 1 aromatic carbocycles. The van der Waals surface area contributed by atoms with Gasteiger partial charge in [0.15, 0.2) is 0 Å². The van der Waals surface area contributed by atoms with Crippen molar-refractivity contribution in [3.63, 3.8) is 0 Å². The summed E-state index contributed by atoms with van der Waals surface area (Å²) >= 11 is 0. The van der Waals surface area contributed by atoms with Gasteiger partial charge in [-0.15, -0.1) is 0 Å². The molecule has 36 heavy (non-hydrogen) atoms. The van der Waals surface area contributed by atoms with Crippen molar-refractivity contribution in [2.24, 2.45) is 5.84 Å². The molecule has 0 spiro atoms. The molecular formula is C26H43N5O5. The third-order valence-corrected chi connectivity index (χ3v) is 5.46. The summed E-state index contributed by atoms with van der Waals surface area (Å²) in [5.74, 6) is 5.68. The van der Waals surface area contributed by atoms with Crippen molar-refractivity contribution in [1.29, 1.82) is 0 Å². The quantitative estimate of drug-likeness (QED) is 0.210. The van der Waals surface area contributed by atoms with Crippen LogP contribution in [0.1, 0.15) is 12.0 Å². The van der Waals surface area contributed by atoms with Crippen LogP contribution in [0, 0.1) is 0 Å². The molecule has 0 radical (unpaired) electrons. The number of hydrogen-bond acceptors (Lipinski definition) is 9. The number of carbonyl (C=O) groups excluding carboxylic acids is 1. The van der Waals surface area contributed by atoms with Gasteiger partial charge in [-0.1, -0.05) is 36.4 Å². The first-order valence-corrected chi connectivity index (χ1v) is 12.6. The van der Waals surface area contributed by atoms with Gasteiger partial charge < -0.3 is 30.0 Å². The van der Waals surface area contributed by atoms with E-state index in [1.54, 1.807) is 0 Å². The first-order valence-electron chi connectivity index (χ1n) is 12.6. The molecule has 0 atom stereocenters. The zero-order valence-corrected chi connectivity index (χ0v) is 21.3. The molecule has 0 saturated carbocycles. The van der Waals surface area contributed by atoms with Gasteiger partial charge in [-0.2, -0.15) is 0 Å². The second-order valence-electron chi connectivity index (χ2n) is 8.37.